The van der Waals surface area contributed by atoms with Gasteiger partial charge in [-0.3, -0.25) is 14.9 Å². The molecule has 1 unspecified atom stereocenters. The molecule has 1 aromatic carbocycles. The largest absolute Gasteiger partial charge is 0.480 e. The van der Waals surface area contributed by atoms with Gasteiger partial charge in [0.15, 0.2) is 5.78 Å². The lowest BCUT2D eigenvalue weighted by molar-refractivity contribution is -0.136. The van der Waals surface area contributed by atoms with Crippen LogP contribution in [0, 0.1) is 0 Å². The van der Waals surface area contributed by atoms with E-state index in [1.165, 1.54) is 0 Å². The first-order chi connectivity index (χ1) is 9.00. The average molecular weight is 260 g/mol. The number of nitrogens with zero attached hydrogens (tertiary/aromatic N) is 1. The molecule has 0 amide bonds. The van der Waals surface area contributed by atoms with Crippen molar-refractivity contribution in [3.05, 3.63) is 36.0 Å². The van der Waals surface area contributed by atoms with E-state index in [9.17, 15) is 9.59 Å². The molecular formula is C14H16N2O3. The van der Waals surface area contributed by atoms with Gasteiger partial charge >= 0.3 is 5.97 Å². The minimum absolute atomic E-state index is 0.0990. The van der Waals surface area contributed by atoms with E-state index in [4.69, 9.17) is 5.11 Å². The summed E-state index contributed by atoms with van der Waals surface area (Å²) in [6, 6.07) is 7.12. The van der Waals surface area contributed by atoms with E-state index in [0.717, 1.165) is 10.9 Å². The number of carbonyl (C=O) groups is 2. The molecule has 0 saturated heterocycles. The molecule has 19 heavy (non-hydrogen) atoms. The summed E-state index contributed by atoms with van der Waals surface area (Å²) in [6.45, 7) is 1.45. The Hall–Kier alpha value is -2.14. The highest BCUT2D eigenvalue weighted by molar-refractivity contribution is 6.10. The van der Waals surface area contributed by atoms with Gasteiger partial charge in [-0.05, 0) is 13.0 Å². The van der Waals surface area contributed by atoms with Crippen molar-refractivity contribution < 1.29 is 14.7 Å². The lowest BCUT2D eigenvalue weighted by atomic mass is 10.0. The van der Waals surface area contributed by atoms with E-state index < -0.39 is 12.0 Å². The van der Waals surface area contributed by atoms with Crippen molar-refractivity contribution in [3.8, 4) is 0 Å². The van der Waals surface area contributed by atoms with Crippen LogP contribution in [0.25, 0.3) is 10.9 Å². The van der Waals surface area contributed by atoms with Crippen molar-refractivity contribution in [3.63, 3.8) is 0 Å². The number of rotatable bonds is 5. The lowest BCUT2D eigenvalue weighted by Gasteiger charge is -2.10. The zero-order valence-corrected chi connectivity index (χ0v) is 10.9. The highest BCUT2D eigenvalue weighted by Crippen LogP contribution is 2.21. The fourth-order valence-corrected chi connectivity index (χ4v) is 2.10. The third-order valence-corrected chi connectivity index (χ3v) is 3.12. The SMILES string of the molecule is CC(NCC(=O)O)C(=O)c1cn(C)c2ccccc12. The van der Waals surface area contributed by atoms with E-state index in [1.54, 1.807) is 13.1 Å². The van der Waals surface area contributed by atoms with Crippen LogP contribution in [0.1, 0.15) is 17.3 Å². The van der Waals surface area contributed by atoms with Crippen LogP contribution in [-0.2, 0) is 11.8 Å². The number of hydrogen-bond donors (Lipinski definition) is 2. The molecule has 1 atom stereocenters. The Morgan fingerprint density at radius 2 is 2.05 bits per heavy atom. The summed E-state index contributed by atoms with van der Waals surface area (Å²) in [6.07, 6.45) is 1.78. The summed E-state index contributed by atoms with van der Waals surface area (Å²) < 4.78 is 1.90. The standard InChI is InChI=1S/C14H16N2O3/c1-9(15-7-13(17)18)14(19)11-8-16(2)12-6-4-3-5-10(11)12/h3-6,8-9,15H,7H2,1-2H3,(H,17,18). The topological polar surface area (TPSA) is 71.3 Å². The quantitative estimate of drug-likeness (QED) is 0.798. The fraction of sp³-hybridized carbons (Fsp3) is 0.286. The Balaban J connectivity index is 2.29. The zero-order valence-electron chi connectivity index (χ0n) is 10.9. The van der Waals surface area contributed by atoms with Crippen LogP contribution in [0.4, 0.5) is 0 Å². The van der Waals surface area contributed by atoms with Gasteiger partial charge in [0.1, 0.15) is 0 Å². The summed E-state index contributed by atoms with van der Waals surface area (Å²) in [7, 11) is 1.88. The van der Waals surface area contributed by atoms with Gasteiger partial charge in [-0.25, -0.2) is 0 Å². The summed E-state index contributed by atoms with van der Waals surface area (Å²) in [5.41, 5.74) is 1.60. The molecule has 2 N–H and O–H groups in total. The molecule has 2 rings (SSSR count). The Kier molecular flexibility index (Phi) is 3.66. The number of ketones is 1. The number of benzene rings is 1. The molecule has 0 fully saturated rings. The molecule has 2 aromatic rings. The van der Waals surface area contributed by atoms with Gasteiger partial charge in [0.2, 0.25) is 0 Å². The maximum atomic E-state index is 12.3. The maximum Gasteiger partial charge on any atom is 0.317 e. The van der Waals surface area contributed by atoms with Crippen LogP contribution < -0.4 is 5.32 Å². The normalized spacial score (nSPS) is 12.5. The van der Waals surface area contributed by atoms with Crippen LogP contribution in [-0.4, -0.2) is 34.0 Å². The molecule has 1 heterocycles. The summed E-state index contributed by atoms with van der Waals surface area (Å²) in [5, 5.41) is 12.2. The molecule has 0 aliphatic carbocycles. The number of aromatic nitrogens is 1. The second-order valence-corrected chi connectivity index (χ2v) is 4.53. The van der Waals surface area contributed by atoms with Crippen molar-refractivity contribution in [2.45, 2.75) is 13.0 Å². The number of para-hydroxylation sites is 1. The monoisotopic (exact) mass is 260 g/mol. The number of nitrogens with one attached hydrogen (secondary N) is 1. The number of carboxylic acid groups (broad SMARTS) is 1. The van der Waals surface area contributed by atoms with E-state index >= 15 is 0 Å². The first-order valence-electron chi connectivity index (χ1n) is 6.04. The van der Waals surface area contributed by atoms with Gasteiger partial charge in [0.25, 0.3) is 0 Å². The molecular weight excluding hydrogens is 244 g/mol. The predicted octanol–water partition coefficient (Wildman–Crippen LogP) is 1.42. The highest BCUT2D eigenvalue weighted by Gasteiger charge is 2.19. The van der Waals surface area contributed by atoms with Crippen molar-refractivity contribution in [2.75, 3.05) is 6.54 Å². The molecule has 0 bridgehead atoms. The van der Waals surface area contributed by atoms with E-state index in [0.29, 0.717) is 5.56 Å². The summed E-state index contributed by atoms with van der Waals surface area (Å²) >= 11 is 0. The second-order valence-electron chi connectivity index (χ2n) is 4.53. The molecule has 0 aliphatic heterocycles. The minimum Gasteiger partial charge on any atom is -0.480 e. The number of fused-ring (bicyclic) bond motifs is 1. The number of aliphatic carboxylic acids is 1. The Morgan fingerprint density at radius 3 is 2.74 bits per heavy atom. The van der Waals surface area contributed by atoms with Gasteiger partial charge in [0.05, 0.1) is 12.6 Å². The Morgan fingerprint density at radius 1 is 1.37 bits per heavy atom. The van der Waals surface area contributed by atoms with Crippen LogP contribution in [0.15, 0.2) is 30.5 Å². The Bertz CT molecular complexity index is 631. The smallest absolute Gasteiger partial charge is 0.317 e. The number of Topliss-reactive ketones (excluding diaryl/α,β-unsaturated/α-hetero) is 1. The zero-order chi connectivity index (χ0) is 14.0. The summed E-state index contributed by atoms with van der Waals surface area (Å²) in [4.78, 5) is 22.8. The van der Waals surface area contributed by atoms with E-state index in [-0.39, 0.29) is 12.3 Å². The lowest BCUT2D eigenvalue weighted by Crippen LogP contribution is -2.37. The van der Waals surface area contributed by atoms with Crippen molar-refractivity contribution in [2.24, 2.45) is 7.05 Å². The number of aryl methyl sites for hydroxylation is 1. The minimum atomic E-state index is -0.974. The number of hydrogen-bond acceptors (Lipinski definition) is 3. The molecule has 0 radical (unpaired) electrons. The molecule has 0 aliphatic rings. The van der Waals surface area contributed by atoms with Crippen molar-refractivity contribution >= 4 is 22.7 Å². The summed E-state index contributed by atoms with van der Waals surface area (Å²) in [5.74, 6) is -1.07. The molecule has 1 aromatic heterocycles. The highest BCUT2D eigenvalue weighted by atomic mass is 16.4. The molecule has 0 spiro atoms. The second kappa shape index (κ2) is 5.24. The van der Waals surface area contributed by atoms with Gasteiger partial charge in [-0.1, -0.05) is 18.2 Å². The third-order valence-electron chi connectivity index (χ3n) is 3.12. The Labute approximate surface area is 110 Å². The van der Waals surface area contributed by atoms with Crippen molar-refractivity contribution in [1.82, 2.24) is 9.88 Å². The van der Waals surface area contributed by atoms with Gasteiger partial charge in [-0.2, -0.15) is 0 Å². The van der Waals surface area contributed by atoms with Gasteiger partial charge < -0.3 is 9.67 Å². The first kappa shape index (κ1) is 13.3. The van der Waals surface area contributed by atoms with Crippen LogP contribution in [0.3, 0.4) is 0 Å². The van der Waals surface area contributed by atoms with E-state index in [1.807, 2.05) is 35.9 Å². The van der Waals surface area contributed by atoms with E-state index in [2.05, 4.69) is 5.32 Å². The molecule has 5 heteroatoms. The van der Waals surface area contributed by atoms with Crippen LogP contribution in [0.2, 0.25) is 0 Å². The molecule has 100 valence electrons. The van der Waals surface area contributed by atoms with Crippen LogP contribution in [0.5, 0.6) is 0 Å². The molecule has 0 saturated carbocycles. The molecule has 5 nitrogen and oxygen atoms in total. The average Bonchev–Trinajstić information content (AvgIpc) is 2.73. The number of carboxylic acids is 1. The van der Waals surface area contributed by atoms with Gasteiger partial charge in [0, 0.05) is 29.7 Å². The first-order valence-corrected chi connectivity index (χ1v) is 6.04. The third kappa shape index (κ3) is 2.66. The van der Waals surface area contributed by atoms with Crippen molar-refractivity contribution in [1.29, 1.82) is 0 Å². The van der Waals surface area contributed by atoms with Crippen LogP contribution >= 0.6 is 0 Å². The fourth-order valence-electron chi connectivity index (χ4n) is 2.10. The van der Waals surface area contributed by atoms with Gasteiger partial charge in [-0.15, -0.1) is 0 Å². The predicted molar refractivity (Wildman–Crippen MR) is 72.4 cm³/mol. The maximum absolute atomic E-state index is 12.3. The number of carbonyl (C=O) groups excluding carboxylic acids is 1.